The molecule has 113 valence electrons. The van der Waals surface area contributed by atoms with Crippen LogP contribution in [-0.4, -0.2) is 88.5 Å². The molecule has 0 spiro atoms. The van der Waals surface area contributed by atoms with E-state index in [1.54, 1.807) is 0 Å². The van der Waals surface area contributed by atoms with Gasteiger partial charge in [0.2, 0.25) is 13.1 Å². The number of carbonyl (C=O) groups is 4. The second kappa shape index (κ2) is 8.82. The summed E-state index contributed by atoms with van der Waals surface area (Å²) in [6, 6.07) is 0. The van der Waals surface area contributed by atoms with Crippen molar-refractivity contribution in [3.63, 3.8) is 0 Å². The van der Waals surface area contributed by atoms with Gasteiger partial charge < -0.3 is 20.4 Å². The Morgan fingerprint density at radius 3 is 1.45 bits per heavy atom. The molecular formula is C10H16N2O8+. The van der Waals surface area contributed by atoms with Crippen LogP contribution in [0.4, 0.5) is 0 Å². The van der Waals surface area contributed by atoms with Gasteiger partial charge in [0.15, 0.2) is 0 Å². The average molecular weight is 292 g/mol. The number of nitrogens with zero attached hydrogens (tertiary/aromatic N) is 2. The Hall–Kier alpha value is -2.20. The lowest BCUT2D eigenvalue weighted by Gasteiger charge is -2.18. The molecule has 20 heavy (non-hydrogen) atoms. The highest BCUT2D eigenvalue weighted by Crippen LogP contribution is 1.92. The van der Waals surface area contributed by atoms with Crippen molar-refractivity contribution in [1.82, 2.24) is 9.80 Å². The number of hydrogen-bond acceptors (Lipinski definition) is 6. The minimum Gasteiger partial charge on any atom is -0.480 e. The molecule has 0 saturated carbocycles. The molecule has 0 fully saturated rings. The van der Waals surface area contributed by atoms with E-state index in [0.29, 0.717) is 0 Å². The predicted molar refractivity (Wildman–Crippen MR) is 63.7 cm³/mol. The van der Waals surface area contributed by atoms with Crippen molar-refractivity contribution in [3.05, 3.63) is 0 Å². The van der Waals surface area contributed by atoms with Crippen molar-refractivity contribution in [2.24, 2.45) is 0 Å². The molecule has 0 heterocycles. The lowest BCUT2D eigenvalue weighted by Crippen LogP contribution is -2.46. The molecule has 0 aromatic heterocycles. The Balaban J connectivity index is 4.49. The van der Waals surface area contributed by atoms with E-state index in [9.17, 15) is 19.2 Å². The van der Waals surface area contributed by atoms with E-state index in [1.165, 1.54) is 0 Å². The zero-order valence-corrected chi connectivity index (χ0v) is 10.6. The standard InChI is InChI=1S/C10H16N2O8/c13-7(14)3-11(4-8(15)16)1-2-12(5-9(17)18)6-10(19)20/h1-6H2,(H,13,14)(H,15,16)(H,17,18)(H,19,20)/q+1. The van der Waals surface area contributed by atoms with Crippen LogP contribution in [-0.2, 0) is 19.2 Å². The van der Waals surface area contributed by atoms with E-state index >= 15 is 0 Å². The Morgan fingerprint density at radius 1 is 0.750 bits per heavy atom. The smallest absolute Gasteiger partial charge is 0.364 e. The van der Waals surface area contributed by atoms with Crippen molar-refractivity contribution >= 4 is 23.9 Å². The third-order valence-corrected chi connectivity index (χ3v) is 2.17. The quantitative estimate of drug-likeness (QED) is 0.309. The minimum absolute atomic E-state index is 0.0703. The molecule has 0 aliphatic rings. The fraction of sp³-hybridized carbons (Fsp3) is 0.600. The first-order valence-corrected chi connectivity index (χ1v) is 5.52. The maximum Gasteiger partial charge on any atom is 0.364 e. The molecule has 0 rings (SSSR count). The van der Waals surface area contributed by atoms with Gasteiger partial charge in [0.25, 0.3) is 0 Å². The lowest BCUT2D eigenvalue weighted by atomic mass is 10.4. The van der Waals surface area contributed by atoms with Crippen molar-refractivity contribution in [2.45, 2.75) is 0 Å². The largest absolute Gasteiger partial charge is 0.480 e. The summed E-state index contributed by atoms with van der Waals surface area (Å²) in [4.78, 5) is 44.4. The highest BCUT2D eigenvalue weighted by Gasteiger charge is 2.24. The zero-order valence-electron chi connectivity index (χ0n) is 10.6. The Morgan fingerprint density at radius 2 is 1.15 bits per heavy atom. The van der Waals surface area contributed by atoms with Crippen LogP contribution in [0.15, 0.2) is 0 Å². The van der Waals surface area contributed by atoms with Crippen LogP contribution in [0.2, 0.25) is 0 Å². The van der Waals surface area contributed by atoms with Crippen molar-refractivity contribution in [1.29, 1.82) is 0 Å². The van der Waals surface area contributed by atoms with Crippen molar-refractivity contribution in [2.75, 3.05) is 39.3 Å². The second-order valence-electron chi connectivity index (χ2n) is 4.00. The Bertz CT molecular complexity index is 315. The van der Waals surface area contributed by atoms with Gasteiger partial charge in [-0.3, -0.25) is 14.5 Å². The van der Waals surface area contributed by atoms with Gasteiger partial charge in [0, 0.05) is 0 Å². The Kier molecular flexibility index (Phi) is 7.85. The summed E-state index contributed by atoms with van der Waals surface area (Å²) in [6.07, 6.45) is 0. The number of rotatable bonds is 11. The number of carboxylic acid groups (broad SMARTS) is 4. The molecule has 0 saturated heterocycles. The zero-order chi connectivity index (χ0) is 15.7. The molecule has 10 nitrogen and oxygen atoms in total. The topological polar surface area (TPSA) is 158 Å². The van der Waals surface area contributed by atoms with Gasteiger partial charge in [-0.2, -0.15) is 0 Å². The molecule has 0 aliphatic carbocycles. The summed E-state index contributed by atoms with van der Waals surface area (Å²) < 4.78 is 0. The molecule has 0 atom stereocenters. The normalized spacial score (nSPS) is 10.7. The minimum atomic E-state index is -1.23. The summed E-state index contributed by atoms with van der Waals surface area (Å²) >= 11 is 0. The fourth-order valence-corrected chi connectivity index (χ4v) is 1.48. The molecule has 0 aliphatic heterocycles. The van der Waals surface area contributed by atoms with Crippen molar-refractivity contribution in [3.8, 4) is 0 Å². The molecular weight excluding hydrogens is 276 g/mol. The molecule has 0 amide bonds. The van der Waals surface area contributed by atoms with Crippen LogP contribution in [0, 0.1) is 0 Å². The summed E-state index contributed by atoms with van der Waals surface area (Å²) in [5.74, 6) is -4.91. The summed E-state index contributed by atoms with van der Waals surface area (Å²) in [5.41, 5.74) is 0. The van der Waals surface area contributed by atoms with E-state index in [-0.39, 0.29) is 13.1 Å². The molecule has 1 radical (unpaired) electrons. The van der Waals surface area contributed by atoms with E-state index in [1.807, 2.05) is 0 Å². The van der Waals surface area contributed by atoms with Gasteiger partial charge in [0.05, 0.1) is 19.6 Å². The van der Waals surface area contributed by atoms with Crippen LogP contribution >= 0.6 is 0 Å². The SMILES string of the molecule is O=C(O)CN(CC[N+](CC(=O)O)CC(=O)O)CC(=O)O. The van der Waals surface area contributed by atoms with Crippen molar-refractivity contribution < 1.29 is 39.6 Å². The maximum atomic E-state index is 10.6. The molecule has 4 N–H and O–H groups in total. The molecule has 0 aromatic rings. The highest BCUT2D eigenvalue weighted by molar-refractivity contribution is 5.73. The van der Waals surface area contributed by atoms with Gasteiger partial charge in [0.1, 0.15) is 6.54 Å². The third-order valence-electron chi connectivity index (χ3n) is 2.17. The van der Waals surface area contributed by atoms with E-state index in [0.717, 1.165) is 9.80 Å². The first-order valence-electron chi connectivity index (χ1n) is 5.52. The van der Waals surface area contributed by atoms with Crippen LogP contribution < -0.4 is 4.90 Å². The molecule has 0 unspecified atom stereocenters. The maximum absolute atomic E-state index is 10.6. The third kappa shape index (κ3) is 9.79. The van der Waals surface area contributed by atoms with Crippen LogP contribution in [0.5, 0.6) is 0 Å². The molecule has 10 heteroatoms. The Labute approximate surface area is 113 Å². The van der Waals surface area contributed by atoms with E-state index in [2.05, 4.69) is 0 Å². The van der Waals surface area contributed by atoms with Gasteiger partial charge in [-0.1, -0.05) is 0 Å². The summed E-state index contributed by atoms with van der Waals surface area (Å²) in [7, 11) is 0. The lowest BCUT2D eigenvalue weighted by molar-refractivity contribution is -0.143. The fourth-order valence-electron chi connectivity index (χ4n) is 1.48. The van der Waals surface area contributed by atoms with Gasteiger partial charge in [-0.15, -0.1) is 4.90 Å². The van der Waals surface area contributed by atoms with Gasteiger partial charge in [-0.25, -0.2) is 9.59 Å². The van der Waals surface area contributed by atoms with Crippen LogP contribution in [0.25, 0.3) is 0 Å². The monoisotopic (exact) mass is 292 g/mol. The van der Waals surface area contributed by atoms with E-state index in [4.69, 9.17) is 20.4 Å². The predicted octanol–water partition coefficient (Wildman–Crippen LogP) is -2.23. The first kappa shape index (κ1) is 17.8. The summed E-state index contributed by atoms with van der Waals surface area (Å²) in [5, 5.41) is 34.5. The van der Waals surface area contributed by atoms with Crippen LogP contribution in [0.3, 0.4) is 0 Å². The molecule has 0 bridgehead atoms. The molecule has 0 aromatic carbocycles. The van der Waals surface area contributed by atoms with Gasteiger partial charge in [-0.05, 0) is 0 Å². The number of hydrogen-bond donors (Lipinski definition) is 4. The van der Waals surface area contributed by atoms with Crippen LogP contribution in [0.1, 0.15) is 0 Å². The second-order valence-corrected chi connectivity index (χ2v) is 4.00. The average Bonchev–Trinajstić information content (AvgIpc) is 2.22. The number of aliphatic carboxylic acids is 4. The number of carboxylic acids is 4. The highest BCUT2D eigenvalue weighted by atomic mass is 16.4. The van der Waals surface area contributed by atoms with E-state index < -0.39 is 50.1 Å². The summed E-state index contributed by atoms with van der Waals surface area (Å²) in [6.45, 7) is -2.25. The van der Waals surface area contributed by atoms with Gasteiger partial charge >= 0.3 is 23.9 Å². The first-order chi connectivity index (χ1) is 9.20.